The number of carboxylic acid groups (broad SMARTS) is 1. The molecular formula is C13H16N2O2. The molecule has 1 N–H and O–H groups in total. The van der Waals surface area contributed by atoms with E-state index in [1.165, 1.54) is 0 Å². The van der Waals surface area contributed by atoms with Gasteiger partial charge in [0.25, 0.3) is 0 Å². The fraction of sp³-hybridized carbons (Fsp3) is 0.385. The van der Waals surface area contributed by atoms with Gasteiger partial charge in [-0.3, -0.25) is 0 Å². The molecule has 0 saturated carbocycles. The maximum atomic E-state index is 11.0. The van der Waals surface area contributed by atoms with Gasteiger partial charge < -0.3 is 9.67 Å². The minimum atomic E-state index is -0.979. The van der Waals surface area contributed by atoms with Gasteiger partial charge in [-0.05, 0) is 30.5 Å². The summed E-state index contributed by atoms with van der Waals surface area (Å²) in [5.74, 6) is -0.478. The summed E-state index contributed by atoms with van der Waals surface area (Å²) in [6.45, 7) is 7.01. The Balaban J connectivity index is 2.61. The van der Waals surface area contributed by atoms with E-state index in [1.807, 2.05) is 23.8 Å². The van der Waals surface area contributed by atoms with Crippen molar-refractivity contribution < 1.29 is 9.90 Å². The van der Waals surface area contributed by atoms with Gasteiger partial charge >= 0.3 is 5.97 Å². The van der Waals surface area contributed by atoms with E-state index in [4.69, 9.17) is 5.11 Å². The first-order valence-electron chi connectivity index (χ1n) is 5.69. The number of aryl methyl sites for hydroxylation is 1. The maximum absolute atomic E-state index is 11.0. The van der Waals surface area contributed by atoms with Crippen molar-refractivity contribution in [2.24, 2.45) is 5.92 Å². The SMILES string of the molecule is Cc1cc(C(=O)O)nc2c1ccn2CC(C)C. The Morgan fingerprint density at radius 3 is 2.82 bits per heavy atom. The van der Waals surface area contributed by atoms with Gasteiger partial charge in [-0.15, -0.1) is 0 Å². The van der Waals surface area contributed by atoms with Crippen LogP contribution in [0, 0.1) is 12.8 Å². The quantitative estimate of drug-likeness (QED) is 0.885. The fourth-order valence-corrected chi connectivity index (χ4v) is 1.98. The van der Waals surface area contributed by atoms with Crippen molar-refractivity contribution in [3.05, 3.63) is 29.6 Å². The molecule has 0 unspecified atom stereocenters. The normalized spacial score (nSPS) is 11.3. The van der Waals surface area contributed by atoms with Gasteiger partial charge in [0.15, 0.2) is 5.69 Å². The third-order valence-corrected chi connectivity index (χ3v) is 2.72. The highest BCUT2D eigenvalue weighted by Gasteiger charge is 2.12. The first-order chi connectivity index (χ1) is 7.99. The van der Waals surface area contributed by atoms with E-state index in [1.54, 1.807) is 6.07 Å². The molecule has 0 aliphatic carbocycles. The fourth-order valence-electron chi connectivity index (χ4n) is 1.98. The molecule has 2 aromatic heterocycles. The van der Waals surface area contributed by atoms with Gasteiger partial charge in [-0.2, -0.15) is 0 Å². The highest BCUT2D eigenvalue weighted by molar-refractivity contribution is 5.90. The lowest BCUT2D eigenvalue weighted by Crippen LogP contribution is -2.07. The topological polar surface area (TPSA) is 55.1 Å². The number of hydrogen-bond donors (Lipinski definition) is 1. The predicted molar refractivity (Wildman–Crippen MR) is 66.3 cm³/mol. The highest BCUT2D eigenvalue weighted by Crippen LogP contribution is 2.20. The summed E-state index contributed by atoms with van der Waals surface area (Å²) >= 11 is 0. The molecule has 0 aliphatic rings. The number of hydrogen-bond acceptors (Lipinski definition) is 2. The monoisotopic (exact) mass is 232 g/mol. The van der Waals surface area contributed by atoms with Gasteiger partial charge in [0.05, 0.1) is 0 Å². The summed E-state index contributed by atoms with van der Waals surface area (Å²) < 4.78 is 2.01. The van der Waals surface area contributed by atoms with Crippen LogP contribution in [0.2, 0.25) is 0 Å². The zero-order valence-electron chi connectivity index (χ0n) is 10.3. The molecular weight excluding hydrogens is 216 g/mol. The number of rotatable bonds is 3. The van der Waals surface area contributed by atoms with Gasteiger partial charge in [0.1, 0.15) is 5.65 Å². The highest BCUT2D eigenvalue weighted by atomic mass is 16.4. The first kappa shape index (κ1) is 11.6. The summed E-state index contributed by atoms with van der Waals surface area (Å²) in [4.78, 5) is 15.2. The Labute approximate surface area is 99.9 Å². The molecule has 0 amide bonds. The lowest BCUT2D eigenvalue weighted by atomic mass is 10.2. The van der Waals surface area contributed by atoms with Crippen molar-refractivity contribution in [2.75, 3.05) is 0 Å². The van der Waals surface area contributed by atoms with Gasteiger partial charge in [0, 0.05) is 18.1 Å². The minimum Gasteiger partial charge on any atom is -0.477 e. The van der Waals surface area contributed by atoms with Crippen LogP contribution in [0.15, 0.2) is 18.3 Å². The number of carbonyl (C=O) groups is 1. The molecule has 17 heavy (non-hydrogen) atoms. The van der Waals surface area contributed by atoms with Crippen LogP contribution in [0.25, 0.3) is 11.0 Å². The molecule has 2 aromatic rings. The van der Waals surface area contributed by atoms with Crippen LogP contribution in [-0.4, -0.2) is 20.6 Å². The van der Waals surface area contributed by atoms with Gasteiger partial charge in [-0.1, -0.05) is 13.8 Å². The Morgan fingerprint density at radius 2 is 2.24 bits per heavy atom. The average molecular weight is 232 g/mol. The number of aromatic nitrogens is 2. The third-order valence-electron chi connectivity index (χ3n) is 2.72. The second-order valence-corrected chi connectivity index (χ2v) is 4.73. The average Bonchev–Trinajstić information content (AvgIpc) is 2.61. The molecule has 90 valence electrons. The summed E-state index contributed by atoms with van der Waals surface area (Å²) in [6, 6.07) is 3.61. The number of aromatic carboxylic acids is 1. The number of pyridine rings is 1. The van der Waals surface area contributed by atoms with E-state index in [0.717, 1.165) is 23.1 Å². The van der Waals surface area contributed by atoms with Crippen LogP contribution < -0.4 is 0 Å². The molecule has 2 rings (SSSR count). The lowest BCUT2D eigenvalue weighted by Gasteiger charge is -2.08. The zero-order chi connectivity index (χ0) is 12.6. The molecule has 0 fully saturated rings. The van der Waals surface area contributed by atoms with Crippen LogP contribution in [-0.2, 0) is 6.54 Å². The van der Waals surface area contributed by atoms with E-state index in [0.29, 0.717) is 5.92 Å². The van der Waals surface area contributed by atoms with Gasteiger partial charge in [-0.25, -0.2) is 9.78 Å². The van der Waals surface area contributed by atoms with E-state index in [2.05, 4.69) is 18.8 Å². The van der Waals surface area contributed by atoms with Crippen molar-refractivity contribution in [1.29, 1.82) is 0 Å². The third kappa shape index (κ3) is 2.16. The zero-order valence-corrected chi connectivity index (χ0v) is 10.3. The van der Waals surface area contributed by atoms with Crippen LogP contribution in [0.3, 0.4) is 0 Å². The molecule has 0 aromatic carbocycles. The molecule has 0 radical (unpaired) electrons. The van der Waals surface area contributed by atoms with Crippen molar-refractivity contribution in [3.8, 4) is 0 Å². The van der Waals surface area contributed by atoms with E-state index in [9.17, 15) is 4.79 Å². The molecule has 0 atom stereocenters. The molecule has 4 heteroatoms. The van der Waals surface area contributed by atoms with Crippen molar-refractivity contribution in [3.63, 3.8) is 0 Å². The summed E-state index contributed by atoms with van der Waals surface area (Å²) in [6.07, 6.45) is 1.97. The van der Waals surface area contributed by atoms with Crippen LogP contribution in [0.4, 0.5) is 0 Å². The first-order valence-corrected chi connectivity index (χ1v) is 5.69. The molecule has 0 saturated heterocycles. The molecule has 0 bridgehead atoms. The van der Waals surface area contributed by atoms with E-state index < -0.39 is 5.97 Å². The number of fused-ring (bicyclic) bond motifs is 1. The summed E-state index contributed by atoms with van der Waals surface area (Å²) in [5, 5.41) is 10.0. The van der Waals surface area contributed by atoms with Gasteiger partial charge in [0.2, 0.25) is 0 Å². The summed E-state index contributed by atoms with van der Waals surface area (Å²) in [5.41, 5.74) is 1.82. The molecule has 2 heterocycles. The Bertz CT molecular complexity index is 570. The largest absolute Gasteiger partial charge is 0.477 e. The van der Waals surface area contributed by atoms with Crippen LogP contribution in [0.1, 0.15) is 29.9 Å². The Hall–Kier alpha value is -1.84. The van der Waals surface area contributed by atoms with Crippen LogP contribution in [0.5, 0.6) is 0 Å². The number of nitrogens with zero attached hydrogens (tertiary/aromatic N) is 2. The minimum absolute atomic E-state index is 0.110. The maximum Gasteiger partial charge on any atom is 0.354 e. The standard InChI is InChI=1S/C13H16N2O2/c1-8(2)7-15-5-4-10-9(3)6-11(13(16)17)14-12(10)15/h4-6,8H,7H2,1-3H3,(H,16,17). The van der Waals surface area contributed by atoms with Crippen molar-refractivity contribution in [1.82, 2.24) is 9.55 Å². The van der Waals surface area contributed by atoms with Crippen LogP contribution >= 0.6 is 0 Å². The predicted octanol–water partition coefficient (Wildman–Crippen LogP) is 2.70. The molecule has 4 nitrogen and oxygen atoms in total. The Kier molecular flexibility index (Phi) is 2.88. The number of carboxylic acids is 1. The van der Waals surface area contributed by atoms with E-state index in [-0.39, 0.29) is 5.69 Å². The lowest BCUT2D eigenvalue weighted by molar-refractivity contribution is 0.0690. The summed E-state index contributed by atoms with van der Waals surface area (Å²) in [7, 11) is 0. The van der Waals surface area contributed by atoms with Crippen molar-refractivity contribution >= 4 is 17.0 Å². The smallest absolute Gasteiger partial charge is 0.354 e. The second-order valence-electron chi connectivity index (χ2n) is 4.73. The Morgan fingerprint density at radius 1 is 1.53 bits per heavy atom. The second kappa shape index (κ2) is 4.20. The van der Waals surface area contributed by atoms with E-state index >= 15 is 0 Å². The molecule has 0 spiro atoms. The van der Waals surface area contributed by atoms with Crippen molar-refractivity contribution in [2.45, 2.75) is 27.3 Å². The molecule has 0 aliphatic heterocycles.